The fourth-order valence-electron chi connectivity index (χ4n) is 1.52. The predicted molar refractivity (Wildman–Crippen MR) is 71.1 cm³/mol. The van der Waals surface area contributed by atoms with Crippen molar-refractivity contribution < 1.29 is 29.3 Å². The van der Waals surface area contributed by atoms with E-state index in [1.54, 1.807) is 0 Å². The van der Waals surface area contributed by atoms with Crippen molar-refractivity contribution >= 4 is 12.2 Å². The zero-order chi connectivity index (χ0) is 15.2. The summed E-state index contributed by atoms with van der Waals surface area (Å²) in [5, 5.41) is 17.5. The third-order valence-corrected chi connectivity index (χ3v) is 2.51. The van der Waals surface area contributed by atoms with Crippen LogP contribution in [0.15, 0.2) is 0 Å². The van der Waals surface area contributed by atoms with Gasteiger partial charge in [-0.3, -0.25) is 0 Å². The molecular weight excluding hydrogens is 268 g/mol. The Balaban J connectivity index is 3.52. The van der Waals surface area contributed by atoms with Crippen molar-refractivity contribution in [2.75, 3.05) is 39.5 Å². The summed E-state index contributed by atoms with van der Waals surface area (Å²) in [7, 11) is 0. The van der Waals surface area contributed by atoms with E-state index >= 15 is 0 Å². The third kappa shape index (κ3) is 10.4. The van der Waals surface area contributed by atoms with Crippen LogP contribution in [0.1, 0.15) is 25.7 Å². The van der Waals surface area contributed by atoms with Gasteiger partial charge in [0.25, 0.3) is 0 Å². The number of hydrogen-bond donors (Lipinski definition) is 3. The second-order valence-corrected chi connectivity index (χ2v) is 4.13. The molecule has 0 atom stereocenters. The van der Waals surface area contributed by atoms with Crippen LogP contribution in [-0.2, 0) is 9.47 Å². The van der Waals surface area contributed by atoms with Gasteiger partial charge >= 0.3 is 12.2 Å². The highest BCUT2D eigenvalue weighted by Crippen LogP contribution is 2.02. The maximum Gasteiger partial charge on any atom is 0.409 e. The topological polar surface area (TPSA) is 122 Å². The summed E-state index contributed by atoms with van der Waals surface area (Å²) in [6.07, 6.45) is 1.81. The average molecular weight is 292 g/mol. The van der Waals surface area contributed by atoms with Gasteiger partial charge in [0.1, 0.15) is 0 Å². The van der Waals surface area contributed by atoms with Crippen LogP contribution in [0.3, 0.4) is 0 Å². The van der Waals surface area contributed by atoms with E-state index < -0.39 is 12.2 Å². The first-order chi connectivity index (χ1) is 9.61. The molecule has 0 spiro atoms. The summed E-state index contributed by atoms with van der Waals surface area (Å²) in [6.45, 7) is 0.524. The zero-order valence-corrected chi connectivity index (χ0v) is 11.6. The highest BCUT2D eigenvalue weighted by atomic mass is 16.6. The van der Waals surface area contributed by atoms with E-state index in [4.69, 9.17) is 20.7 Å². The van der Waals surface area contributed by atoms with Gasteiger partial charge < -0.3 is 30.3 Å². The van der Waals surface area contributed by atoms with Gasteiger partial charge in [-0.1, -0.05) is 0 Å². The Morgan fingerprint density at radius 2 is 1.40 bits per heavy atom. The average Bonchev–Trinajstić information content (AvgIpc) is 2.41. The fraction of sp³-hybridized carbons (Fsp3) is 0.833. The number of hydrogen-bond acceptors (Lipinski definition) is 6. The Kier molecular flexibility index (Phi) is 11.5. The van der Waals surface area contributed by atoms with Crippen LogP contribution in [0.25, 0.3) is 0 Å². The minimum Gasteiger partial charge on any atom is -0.450 e. The lowest BCUT2D eigenvalue weighted by molar-refractivity contribution is 0.0844. The van der Waals surface area contributed by atoms with E-state index in [0.717, 1.165) is 19.3 Å². The number of amides is 2. The number of unbranched alkanes of at least 4 members (excludes halogenated alkanes) is 3. The lowest BCUT2D eigenvalue weighted by Gasteiger charge is -2.19. The van der Waals surface area contributed by atoms with Crippen LogP contribution >= 0.6 is 0 Å². The molecule has 0 saturated heterocycles. The first-order valence-corrected chi connectivity index (χ1v) is 6.67. The summed E-state index contributed by atoms with van der Waals surface area (Å²) in [5.74, 6) is 0. The quantitative estimate of drug-likeness (QED) is 0.463. The van der Waals surface area contributed by atoms with Gasteiger partial charge in [0.15, 0.2) is 0 Å². The van der Waals surface area contributed by atoms with Crippen LogP contribution in [-0.4, -0.2) is 66.8 Å². The minimum atomic E-state index is -0.771. The first kappa shape index (κ1) is 18.5. The number of ether oxygens (including phenoxy) is 2. The van der Waals surface area contributed by atoms with Crippen LogP contribution in [0.5, 0.6) is 0 Å². The molecule has 0 bridgehead atoms. The van der Waals surface area contributed by atoms with Crippen molar-refractivity contribution in [1.29, 1.82) is 0 Å². The molecule has 4 N–H and O–H groups in total. The fourth-order valence-corrected chi connectivity index (χ4v) is 1.52. The Bertz CT molecular complexity index is 269. The molecule has 8 nitrogen and oxygen atoms in total. The van der Waals surface area contributed by atoms with E-state index in [2.05, 4.69) is 4.74 Å². The Hall–Kier alpha value is -1.54. The van der Waals surface area contributed by atoms with E-state index in [0.29, 0.717) is 13.0 Å². The predicted octanol–water partition coefficient (Wildman–Crippen LogP) is 0.0653. The van der Waals surface area contributed by atoms with E-state index in [-0.39, 0.29) is 32.9 Å². The third-order valence-electron chi connectivity index (χ3n) is 2.51. The largest absolute Gasteiger partial charge is 0.450 e. The van der Waals surface area contributed by atoms with Gasteiger partial charge in [-0.05, 0) is 25.7 Å². The summed E-state index contributed by atoms with van der Waals surface area (Å²) in [6, 6.07) is 0. The standard InChI is InChI=1S/C12H24N2O6/c13-11(17)19-9-3-1-2-4-10-20-12(18)14(5-7-15)6-8-16/h15-16H,1-10H2,(H2,13,17). The highest BCUT2D eigenvalue weighted by molar-refractivity contribution is 5.67. The summed E-state index contributed by atoms with van der Waals surface area (Å²) in [5.41, 5.74) is 4.81. The summed E-state index contributed by atoms with van der Waals surface area (Å²) < 4.78 is 9.58. The Labute approximate surface area is 118 Å². The number of aliphatic hydroxyl groups is 2. The molecule has 0 unspecified atom stereocenters. The molecule has 0 saturated carbocycles. The number of rotatable bonds is 11. The number of nitrogens with zero attached hydrogens (tertiary/aromatic N) is 1. The van der Waals surface area contributed by atoms with Crippen molar-refractivity contribution in [2.45, 2.75) is 25.7 Å². The normalized spacial score (nSPS) is 10.1. The smallest absolute Gasteiger partial charge is 0.409 e. The van der Waals surface area contributed by atoms with Crippen molar-refractivity contribution in [3.8, 4) is 0 Å². The number of aliphatic hydroxyl groups excluding tert-OH is 2. The second kappa shape index (κ2) is 12.5. The van der Waals surface area contributed by atoms with E-state index in [1.165, 1.54) is 4.90 Å². The van der Waals surface area contributed by atoms with E-state index in [1.807, 2.05) is 0 Å². The monoisotopic (exact) mass is 292 g/mol. The Morgan fingerprint density at radius 1 is 0.900 bits per heavy atom. The summed E-state index contributed by atoms with van der Waals surface area (Å²) >= 11 is 0. The van der Waals surface area contributed by atoms with Gasteiger partial charge in [0.2, 0.25) is 0 Å². The first-order valence-electron chi connectivity index (χ1n) is 6.67. The molecule has 20 heavy (non-hydrogen) atoms. The number of carbonyl (C=O) groups excluding carboxylic acids is 2. The van der Waals surface area contributed by atoms with Crippen LogP contribution in [0.4, 0.5) is 9.59 Å². The molecule has 118 valence electrons. The van der Waals surface area contributed by atoms with Gasteiger partial charge in [-0.2, -0.15) is 0 Å². The highest BCUT2D eigenvalue weighted by Gasteiger charge is 2.13. The molecule has 0 rings (SSSR count). The molecule has 0 radical (unpaired) electrons. The van der Waals surface area contributed by atoms with Gasteiger partial charge in [-0.25, -0.2) is 9.59 Å². The van der Waals surface area contributed by atoms with Crippen LogP contribution < -0.4 is 5.73 Å². The van der Waals surface area contributed by atoms with Gasteiger partial charge in [-0.15, -0.1) is 0 Å². The van der Waals surface area contributed by atoms with Gasteiger partial charge in [0, 0.05) is 13.1 Å². The molecule has 2 amide bonds. The molecule has 0 aliphatic carbocycles. The molecule has 0 fully saturated rings. The maximum absolute atomic E-state index is 11.5. The lowest BCUT2D eigenvalue weighted by Crippen LogP contribution is -2.36. The van der Waals surface area contributed by atoms with Crippen molar-refractivity contribution in [2.24, 2.45) is 5.73 Å². The lowest BCUT2D eigenvalue weighted by atomic mass is 10.2. The SMILES string of the molecule is NC(=O)OCCCCCCOC(=O)N(CCO)CCO. The van der Waals surface area contributed by atoms with E-state index in [9.17, 15) is 9.59 Å². The molecule has 0 heterocycles. The molecule has 0 aromatic heterocycles. The Morgan fingerprint density at radius 3 is 1.85 bits per heavy atom. The minimum absolute atomic E-state index is 0.143. The number of carbonyl (C=O) groups is 2. The molecule has 0 aromatic rings. The molecule has 0 aliphatic heterocycles. The second-order valence-electron chi connectivity index (χ2n) is 4.13. The van der Waals surface area contributed by atoms with Crippen LogP contribution in [0.2, 0.25) is 0 Å². The molecule has 8 heteroatoms. The number of primary amides is 1. The van der Waals surface area contributed by atoms with Crippen molar-refractivity contribution in [1.82, 2.24) is 4.90 Å². The maximum atomic E-state index is 11.5. The molecule has 0 aliphatic rings. The van der Waals surface area contributed by atoms with Crippen LogP contribution in [0, 0.1) is 0 Å². The van der Waals surface area contributed by atoms with Crippen molar-refractivity contribution in [3.63, 3.8) is 0 Å². The van der Waals surface area contributed by atoms with Gasteiger partial charge in [0.05, 0.1) is 26.4 Å². The number of nitrogens with two attached hydrogens (primary N) is 1. The van der Waals surface area contributed by atoms with Crippen molar-refractivity contribution in [3.05, 3.63) is 0 Å². The zero-order valence-electron chi connectivity index (χ0n) is 11.6. The summed E-state index contributed by atoms with van der Waals surface area (Å²) in [4.78, 5) is 23.1. The molecule has 0 aromatic carbocycles. The molecular formula is C12H24N2O6.